The Morgan fingerprint density at radius 2 is 1.96 bits per heavy atom. The maximum Gasteiger partial charge on any atom is 0.252 e. The molecule has 0 radical (unpaired) electrons. The van der Waals surface area contributed by atoms with Gasteiger partial charge in [-0.05, 0) is 48.6 Å². The molecule has 1 N–H and O–H groups in total. The van der Waals surface area contributed by atoms with Crippen LogP contribution in [0.25, 0.3) is 0 Å². The molecule has 3 heterocycles. The molecular weight excluding hydrogens is 286 g/mol. The molecule has 1 saturated heterocycles. The number of hydrogen-bond acceptors (Lipinski definition) is 3. The molecule has 4 heteroatoms. The van der Waals surface area contributed by atoms with Crippen LogP contribution in [-0.2, 0) is 13.0 Å². The number of aryl methyl sites for hydroxylation is 1. The summed E-state index contributed by atoms with van der Waals surface area (Å²) >= 11 is 0. The molecule has 1 aromatic heterocycles. The second-order valence-electron chi connectivity index (χ2n) is 6.71. The maximum atomic E-state index is 12.6. The van der Waals surface area contributed by atoms with E-state index in [-0.39, 0.29) is 11.4 Å². The Hall–Kier alpha value is -2.20. The Labute approximate surface area is 136 Å². The monoisotopic (exact) mass is 307 g/mol. The van der Waals surface area contributed by atoms with Crippen LogP contribution in [0.2, 0.25) is 0 Å². The van der Waals surface area contributed by atoms with Gasteiger partial charge in [0.2, 0.25) is 0 Å². The number of fused-ring (bicyclic) bond motifs is 1. The van der Waals surface area contributed by atoms with Gasteiger partial charge in [-0.3, -0.25) is 14.7 Å². The summed E-state index contributed by atoms with van der Waals surface area (Å²) in [6.45, 7) is 2.88. The van der Waals surface area contributed by atoms with Crippen LogP contribution >= 0.6 is 0 Å². The van der Waals surface area contributed by atoms with E-state index in [1.165, 1.54) is 11.1 Å². The van der Waals surface area contributed by atoms with Gasteiger partial charge < -0.3 is 5.32 Å². The van der Waals surface area contributed by atoms with Crippen molar-refractivity contribution in [1.29, 1.82) is 0 Å². The highest BCUT2D eigenvalue weighted by Gasteiger charge is 2.40. The molecule has 0 bridgehead atoms. The highest BCUT2D eigenvalue weighted by molar-refractivity contribution is 5.96. The lowest BCUT2D eigenvalue weighted by Crippen LogP contribution is -2.49. The standard InChI is InChI=1S/C19H21N3O/c23-18-17-4-2-1-3-16(17)5-8-19(21-18)9-12-22(14-19)13-15-6-10-20-11-7-15/h1-4,6-7,10-11H,5,8-9,12-14H2,(H,21,23)/t19-/m0/s1. The van der Waals surface area contributed by atoms with Crippen LogP contribution in [0, 0.1) is 0 Å². The molecule has 1 fully saturated rings. The highest BCUT2D eigenvalue weighted by Crippen LogP contribution is 2.31. The van der Waals surface area contributed by atoms with Gasteiger partial charge >= 0.3 is 0 Å². The summed E-state index contributed by atoms with van der Waals surface area (Å²) in [6, 6.07) is 12.1. The number of rotatable bonds is 2. The van der Waals surface area contributed by atoms with Crippen LogP contribution in [0.3, 0.4) is 0 Å². The molecule has 2 aromatic rings. The summed E-state index contributed by atoms with van der Waals surface area (Å²) < 4.78 is 0. The molecule has 0 saturated carbocycles. The lowest BCUT2D eigenvalue weighted by molar-refractivity contribution is 0.0902. The molecule has 23 heavy (non-hydrogen) atoms. The van der Waals surface area contributed by atoms with Crippen molar-refractivity contribution < 1.29 is 4.79 Å². The van der Waals surface area contributed by atoms with Crippen molar-refractivity contribution in [2.75, 3.05) is 13.1 Å². The summed E-state index contributed by atoms with van der Waals surface area (Å²) in [6.07, 6.45) is 6.69. The number of benzene rings is 1. The third-order valence-corrected chi connectivity index (χ3v) is 5.10. The van der Waals surface area contributed by atoms with Gasteiger partial charge in [-0.2, -0.15) is 0 Å². The van der Waals surface area contributed by atoms with Crippen LogP contribution in [-0.4, -0.2) is 34.4 Å². The fourth-order valence-electron chi connectivity index (χ4n) is 3.85. The minimum absolute atomic E-state index is 0.0802. The van der Waals surface area contributed by atoms with Crippen molar-refractivity contribution >= 4 is 5.91 Å². The quantitative estimate of drug-likeness (QED) is 0.926. The number of carbonyl (C=O) groups is 1. The number of pyridine rings is 1. The number of aromatic nitrogens is 1. The van der Waals surface area contributed by atoms with Gasteiger partial charge in [-0.1, -0.05) is 18.2 Å². The Morgan fingerprint density at radius 1 is 1.13 bits per heavy atom. The normalized spacial score (nSPS) is 24.3. The molecule has 2 aliphatic rings. The van der Waals surface area contributed by atoms with Crippen LogP contribution in [0.4, 0.5) is 0 Å². The Bertz CT molecular complexity index is 716. The first-order chi connectivity index (χ1) is 11.2. The topological polar surface area (TPSA) is 45.2 Å². The zero-order valence-corrected chi connectivity index (χ0v) is 13.2. The summed E-state index contributed by atoms with van der Waals surface area (Å²) in [5.74, 6) is 0.0869. The van der Waals surface area contributed by atoms with Gasteiger partial charge in [-0.25, -0.2) is 0 Å². The van der Waals surface area contributed by atoms with E-state index in [4.69, 9.17) is 0 Å². The molecule has 1 spiro atoms. The average molecular weight is 307 g/mol. The van der Waals surface area contributed by atoms with E-state index in [0.29, 0.717) is 0 Å². The van der Waals surface area contributed by atoms with E-state index in [1.54, 1.807) is 0 Å². The van der Waals surface area contributed by atoms with Crippen molar-refractivity contribution in [3.63, 3.8) is 0 Å². The zero-order chi connectivity index (χ0) is 15.7. The van der Waals surface area contributed by atoms with E-state index in [2.05, 4.69) is 33.4 Å². The molecule has 0 aliphatic carbocycles. The number of likely N-dealkylation sites (tertiary alicyclic amines) is 1. The highest BCUT2D eigenvalue weighted by atomic mass is 16.1. The third-order valence-electron chi connectivity index (χ3n) is 5.10. The third kappa shape index (κ3) is 2.86. The fraction of sp³-hybridized carbons (Fsp3) is 0.368. The first-order valence-electron chi connectivity index (χ1n) is 8.26. The molecule has 4 rings (SSSR count). The SMILES string of the molecule is O=C1N[C@@]2(CCc3ccccc31)CCN(Cc1ccncc1)C2. The van der Waals surface area contributed by atoms with Crippen molar-refractivity contribution in [3.05, 3.63) is 65.5 Å². The molecule has 1 amide bonds. The fourth-order valence-corrected chi connectivity index (χ4v) is 3.85. The molecule has 4 nitrogen and oxygen atoms in total. The van der Waals surface area contributed by atoms with Gasteiger partial charge in [0.1, 0.15) is 0 Å². The van der Waals surface area contributed by atoms with Gasteiger partial charge in [-0.15, -0.1) is 0 Å². The van der Waals surface area contributed by atoms with Gasteiger partial charge in [0.15, 0.2) is 0 Å². The summed E-state index contributed by atoms with van der Waals surface area (Å²) in [5.41, 5.74) is 3.22. The number of nitrogens with one attached hydrogen (secondary N) is 1. The lowest BCUT2D eigenvalue weighted by atomic mass is 9.91. The van der Waals surface area contributed by atoms with E-state index < -0.39 is 0 Å². The minimum atomic E-state index is -0.0802. The average Bonchev–Trinajstić information content (AvgIpc) is 2.90. The van der Waals surface area contributed by atoms with Crippen molar-refractivity contribution in [1.82, 2.24) is 15.2 Å². The van der Waals surface area contributed by atoms with Crippen LogP contribution < -0.4 is 5.32 Å². The first-order valence-corrected chi connectivity index (χ1v) is 8.26. The largest absolute Gasteiger partial charge is 0.345 e. The smallest absolute Gasteiger partial charge is 0.252 e. The van der Waals surface area contributed by atoms with Crippen molar-refractivity contribution in [3.8, 4) is 0 Å². The first kappa shape index (κ1) is 14.4. The van der Waals surface area contributed by atoms with Crippen LogP contribution in [0.15, 0.2) is 48.8 Å². The Balaban J connectivity index is 1.49. The maximum absolute atomic E-state index is 12.6. The van der Waals surface area contributed by atoms with Crippen molar-refractivity contribution in [2.45, 2.75) is 31.3 Å². The predicted octanol–water partition coefficient (Wildman–Crippen LogP) is 2.40. The number of amides is 1. The molecule has 118 valence electrons. The number of nitrogens with zero attached hydrogens (tertiary/aromatic N) is 2. The molecule has 2 aliphatic heterocycles. The zero-order valence-electron chi connectivity index (χ0n) is 13.2. The van der Waals surface area contributed by atoms with Crippen molar-refractivity contribution in [2.24, 2.45) is 0 Å². The Morgan fingerprint density at radius 3 is 2.83 bits per heavy atom. The summed E-state index contributed by atoms with van der Waals surface area (Å²) in [7, 11) is 0. The predicted molar refractivity (Wildman–Crippen MR) is 89.1 cm³/mol. The molecule has 1 aromatic carbocycles. The van der Waals surface area contributed by atoms with Gasteiger partial charge in [0, 0.05) is 37.6 Å². The lowest BCUT2D eigenvalue weighted by Gasteiger charge is -2.29. The van der Waals surface area contributed by atoms with E-state index in [9.17, 15) is 4.79 Å². The van der Waals surface area contributed by atoms with E-state index >= 15 is 0 Å². The second-order valence-corrected chi connectivity index (χ2v) is 6.71. The molecule has 0 unspecified atom stereocenters. The second kappa shape index (κ2) is 5.78. The number of carbonyl (C=O) groups excluding carboxylic acids is 1. The molecular formula is C19H21N3O. The number of hydrogen-bond donors (Lipinski definition) is 1. The van der Waals surface area contributed by atoms with E-state index in [0.717, 1.165) is 44.5 Å². The Kier molecular flexibility index (Phi) is 3.62. The summed E-state index contributed by atoms with van der Waals surface area (Å²) in [5, 5.41) is 3.33. The molecule has 1 atom stereocenters. The van der Waals surface area contributed by atoms with Gasteiger partial charge in [0.05, 0.1) is 5.54 Å². The van der Waals surface area contributed by atoms with Crippen LogP contribution in [0.5, 0.6) is 0 Å². The minimum Gasteiger partial charge on any atom is -0.345 e. The van der Waals surface area contributed by atoms with Gasteiger partial charge in [0.25, 0.3) is 5.91 Å². The van der Waals surface area contributed by atoms with E-state index in [1.807, 2.05) is 30.6 Å². The van der Waals surface area contributed by atoms with Crippen LogP contribution in [0.1, 0.15) is 34.3 Å². The summed E-state index contributed by atoms with van der Waals surface area (Å²) in [4.78, 5) is 19.1.